The van der Waals surface area contributed by atoms with Crippen molar-refractivity contribution in [3.8, 4) is 0 Å². The molecule has 1 aromatic carbocycles. The Hall–Kier alpha value is -1.81. The summed E-state index contributed by atoms with van der Waals surface area (Å²) in [4.78, 5) is 14.0. The molecule has 4 nitrogen and oxygen atoms in total. The van der Waals surface area contributed by atoms with E-state index in [1.807, 2.05) is 12.1 Å². The van der Waals surface area contributed by atoms with Crippen molar-refractivity contribution in [1.29, 1.82) is 0 Å². The number of benzene rings is 1. The molecule has 0 atom stereocenters. The van der Waals surface area contributed by atoms with Gasteiger partial charge in [0.2, 0.25) is 0 Å². The van der Waals surface area contributed by atoms with Crippen LogP contribution in [0.3, 0.4) is 0 Å². The molecule has 1 aromatic heterocycles. The number of carboxylic acid groups (broad SMARTS) is 1. The average molecular weight is 328 g/mol. The van der Waals surface area contributed by atoms with E-state index in [0.717, 1.165) is 43.3 Å². The Labute approximate surface area is 144 Å². The zero-order valence-corrected chi connectivity index (χ0v) is 14.8. The van der Waals surface area contributed by atoms with E-state index in [2.05, 4.69) is 29.5 Å². The SMILES string of the molecule is CCCn1cc(CCN2CCCC2)c2cc(C(=O)O)cc(CC)c21. The Bertz CT molecular complexity index is 727. The first-order chi connectivity index (χ1) is 11.6. The van der Waals surface area contributed by atoms with E-state index >= 15 is 0 Å². The Kier molecular flexibility index (Phi) is 5.24. The van der Waals surface area contributed by atoms with Crippen molar-refractivity contribution in [1.82, 2.24) is 9.47 Å². The summed E-state index contributed by atoms with van der Waals surface area (Å²) in [5, 5.41) is 10.6. The van der Waals surface area contributed by atoms with E-state index in [9.17, 15) is 9.90 Å². The number of rotatable bonds is 7. The van der Waals surface area contributed by atoms with Gasteiger partial charge in [-0.2, -0.15) is 0 Å². The lowest BCUT2D eigenvalue weighted by atomic mass is 10.0. The van der Waals surface area contributed by atoms with Gasteiger partial charge >= 0.3 is 5.97 Å². The van der Waals surface area contributed by atoms with Crippen LogP contribution in [-0.4, -0.2) is 40.2 Å². The second-order valence-electron chi connectivity index (χ2n) is 6.84. The number of likely N-dealkylation sites (tertiary alicyclic amines) is 1. The maximum Gasteiger partial charge on any atom is 0.335 e. The van der Waals surface area contributed by atoms with Crippen molar-refractivity contribution in [2.75, 3.05) is 19.6 Å². The molecule has 3 rings (SSSR count). The van der Waals surface area contributed by atoms with Crippen molar-refractivity contribution < 1.29 is 9.90 Å². The first kappa shape index (κ1) is 17.0. The molecule has 1 N–H and O–H groups in total. The normalized spacial score (nSPS) is 15.4. The highest BCUT2D eigenvalue weighted by molar-refractivity contribution is 5.96. The smallest absolute Gasteiger partial charge is 0.335 e. The largest absolute Gasteiger partial charge is 0.478 e. The average Bonchev–Trinajstić information content (AvgIpc) is 3.20. The fraction of sp³-hybridized carbons (Fsp3) is 0.550. The highest BCUT2D eigenvalue weighted by atomic mass is 16.4. The number of aromatic nitrogens is 1. The molecule has 0 aliphatic carbocycles. The number of fused-ring (bicyclic) bond motifs is 1. The van der Waals surface area contributed by atoms with Gasteiger partial charge in [0.15, 0.2) is 0 Å². The maximum absolute atomic E-state index is 11.5. The van der Waals surface area contributed by atoms with E-state index in [1.54, 1.807) is 0 Å². The molecule has 0 unspecified atom stereocenters. The van der Waals surface area contributed by atoms with Crippen LogP contribution in [0.5, 0.6) is 0 Å². The highest BCUT2D eigenvalue weighted by Gasteiger charge is 2.17. The van der Waals surface area contributed by atoms with Crippen LogP contribution in [0.25, 0.3) is 10.9 Å². The predicted octanol–water partition coefficient (Wildman–Crippen LogP) is 3.95. The number of carbonyl (C=O) groups is 1. The van der Waals surface area contributed by atoms with Crippen molar-refractivity contribution in [2.24, 2.45) is 0 Å². The fourth-order valence-corrected chi connectivity index (χ4v) is 3.89. The molecule has 2 heterocycles. The number of hydrogen-bond donors (Lipinski definition) is 1. The molecule has 1 aliphatic rings. The highest BCUT2D eigenvalue weighted by Crippen LogP contribution is 2.28. The predicted molar refractivity (Wildman–Crippen MR) is 97.9 cm³/mol. The summed E-state index contributed by atoms with van der Waals surface area (Å²) < 4.78 is 2.33. The van der Waals surface area contributed by atoms with Gasteiger partial charge in [-0.15, -0.1) is 0 Å². The first-order valence-corrected chi connectivity index (χ1v) is 9.24. The van der Waals surface area contributed by atoms with Gasteiger partial charge in [0.1, 0.15) is 0 Å². The van der Waals surface area contributed by atoms with Gasteiger partial charge in [0.05, 0.1) is 11.1 Å². The van der Waals surface area contributed by atoms with Crippen LogP contribution in [0.4, 0.5) is 0 Å². The Balaban J connectivity index is 2.02. The fourth-order valence-electron chi connectivity index (χ4n) is 3.89. The third-order valence-corrected chi connectivity index (χ3v) is 5.12. The van der Waals surface area contributed by atoms with Crippen molar-refractivity contribution in [3.63, 3.8) is 0 Å². The van der Waals surface area contributed by atoms with Gasteiger partial charge in [0, 0.05) is 24.7 Å². The molecular weight excluding hydrogens is 300 g/mol. The molecule has 1 fully saturated rings. The van der Waals surface area contributed by atoms with Gasteiger partial charge in [0.25, 0.3) is 0 Å². The molecular formula is C20H28N2O2. The Morgan fingerprint density at radius 3 is 2.50 bits per heavy atom. The second kappa shape index (κ2) is 7.39. The number of aryl methyl sites for hydroxylation is 2. The van der Waals surface area contributed by atoms with Gasteiger partial charge in [-0.05, 0) is 68.5 Å². The number of hydrogen-bond acceptors (Lipinski definition) is 2. The summed E-state index contributed by atoms with van der Waals surface area (Å²) in [6.45, 7) is 8.76. The Morgan fingerprint density at radius 2 is 1.88 bits per heavy atom. The molecule has 130 valence electrons. The van der Waals surface area contributed by atoms with E-state index in [1.165, 1.54) is 37.0 Å². The lowest BCUT2D eigenvalue weighted by Crippen LogP contribution is -2.21. The second-order valence-corrected chi connectivity index (χ2v) is 6.84. The Morgan fingerprint density at radius 1 is 1.12 bits per heavy atom. The standard InChI is InChI=1S/C20H28N2O2/c1-3-8-22-14-16(7-11-21-9-5-6-10-21)18-13-17(20(23)24)12-15(4-2)19(18)22/h12-14H,3-11H2,1-2H3,(H,23,24). The molecule has 1 saturated heterocycles. The summed E-state index contributed by atoms with van der Waals surface area (Å²) in [7, 11) is 0. The molecule has 0 saturated carbocycles. The van der Waals surface area contributed by atoms with Crippen LogP contribution in [0, 0.1) is 0 Å². The molecule has 0 spiro atoms. The van der Waals surface area contributed by atoms with Gasteiger partial charge < -0.3 is 14.6 Å². The van der Waals surface area contributed by atoms with E-state index in [-0.39, 0.29) is 0 Å². The maximum atomic E-state index is 11.5. The molecule has 0 bridgehead atoms. The van der Waals surface area contributed by atoms with Crippen LogP contribution >= 0.6 is 0 Å². The molecule has 0 radical (unpaired) electrons. The van der Waals surface area contributed by atoms with Gasteiger partial charge in [-0.1, -0.05) is 13.8 Å². The summed E-state index contributed by atoms with van der Waals surface area (Å²) in [5.41, 5.74) is 4.09. The molecule has 1 aliphatic heterocycles. The van der Waals surface area contributed by atoms with Crippen LogP contribution in [-0.2, 0) is 19.4 Å². The van der Waals surface area contributed by atoms with Crippen LogP contribution in [0.1, 0.15) is 54.6 Å². The third-order valence-electron chi connectivity index (χ3n) is 5.12. The van der Waals surface area contributed by atoms with Crippen molar-refractivity contribution in [3.05, 3.63) is 35.0 Å². The lowest BCUT2D eigenvalue weighted by molar-refractivity contribution is 0.0697. The van der Waals surface area contributed by atoms with Crippen LogP contribution < -0.4 is 0 Å². The topological polar surface area (TPSA) is 45.5 Å². The summed E-state index contributed by atoms with van der Waals surface area (Å²) >= 11 is 0. The molecule has 24 heavy (non-hydrogen) atoms. The minimum atomic E-state index is -0.833. The van der Waals surface area contributed by atoms with Crippen molar-refractivity contribution >= 4 is 16.9 Å². The zero-order chi connectivity index (χ0) is 17.1. The summed E-state index contributed by atoms with van der Waals surface area (Å²) in [6, 6.07) is 3.73. The lowest BCUT2D eigenvalue weighted by Gasteiger charge is -2.13. The first-order valence-electron chi connectivity index (χ1n) is 9.24. The zero-order valence-electron chi connectivity index (χ0n) is 14.8. The van der Waals surface area contributed by atoms with E-state index in [4.69, 9.17) is 0 Å². The molecule has 4 heteroatoms. The van der Waals surface area contributed by atoms with Crippen LogP contribution in [0.15, 0.2) is 18.3 Å². The third kappa shape index (κ3) is 3.34. The molecule has 2 aromatic rings. The number of nitrogens with zero attached hydrogens (tertiary/aromatic N) is 2. The minimum Gasteiger partial charge on any atom is -0.478 e. The van der Waals surface area contributed by atoms with E-state index < -0.39 is 5.97 Å². The molecule has 0 amide bonds. The van der Waals surface area contributed by atoms with Crippen molar-refractivity contribution in [2.45, 2.75) is 52.5 Å². The van der Waals surface area contributed by atoms with Crippen LogP contribution in [0.2, 0.25) is 0 Å². The monoisotopic (exact) mass is 328 g/mol. The number of aromatic carboxylic acids is 1. The number of carboxylic acids is 1. The quantitative estimate of drug-likeness (QED) is 0.837. The minimum absolute atomic E-state index is 0.413. The summed E-state index contributed by atoms with van der Waals surface area (Å²) in [6.07, 6.45) is 7.81. The van der Waals surface area contributed by atoms with E-state index in [0.29, 0.717) is 5.56 Å². The van der Waals surface area contributed by atoms with Gasteiger partial charge in [-0.25, -0.2) is 4.79 Å². The summed E-state index contributed by atoms with van der Waals surface area (Å²) in [5.74, 6) is -0.833. The van der Waals surface area contributed by atoms with Gasteiger partial charge in [-0.3, -0.25) is 0 Å².